The van der Waals surface area contributed by atoms with Crippen LogP contribution in [0.25, 0.3) is 0 Å². The molecule has 0 saturated heterocycles. The number of carbonyl (C=O) groups is 1. The Morgan fingerprint density at radius 1 is 1.22 bits per heavy atom. The minimum absolute atomic E-state index is 0.0561. The number of amides is 1. The Balaban J connectivity index is 2.48. The summed E-state index contributed by atoms with van der Waals surface area (Å²) in [6, 6.07) is 0.0929. The first kappa shape index (κ1) is 14.8. The van der Waals surface area contributed by atoms with Crippen molar-refractivity contribution in [3.05, 3.63) is 0 Å². The molecule has 1 saturated carbocycles. The number of hydrogen-bond donors (Lipinski definition) is 4. The van der Waals surface area contributed by atoms with Gasteiger partial charge < -0.3 is 10.6 Å². The van der Waals surface area contributed by atoms with Gasteiger partial charge in [-0.2, -0.15) is 0 Å². The predicted octanol–water partition coefficient (Wildman–Crippen LogP) is 0.251. The van der Waals surface area contributed by atoms with Crippen LogP contribution in [0.3, 0.4) is 0 Å². The van der Waals surface area contributed by atoms with Gasteiger partial charge in [0.15, 0.2) is 0 Å². The highest BCUT2D eigenvalue weighted by atomic mass is 16.2. The molecule has 1 atom stereocenters. The third-order valence-electron chi connectivity index (χ3n) is 2.95. The van der Waals surface area contributed by atoms with Gasteiger partial charge in [-0.15, -0.1) is 0 Å². The number of nitrogens with zero attached hydrogens (tertiary/aromatic N) is 1. The van der Waals surface area contributed by atoms with Crippen molar-refractivity contribution in [3.63, 3.8) is 0 Å². The van der Waals surface area contributed by atoms with E-state index in [0.717, 1.165) is 12.8 Å². The number of hydrazine groups is 1. The van der Waals surface area contributed by atoms with E-state index < -0.39 is 0 Å². The summed E-state index contributed by atoms with van der Waals surface area (Å²) in [5.41, 5.74) is 2.53. The second-order valence-corrected chi connectivity index (χ2v) is 5.09. The van der Waals surface area contributed by atoms with Gasteiger partial charge in [0.25, 0.3) is 0 Å². The molecule has 1 fully saturated rings. The molecule has 0 aromatic carbocycles. The van der Waals surface area contributed by atoms with Crippen LogP contribution >= 0.6 is 0 Å². The van der Waals surface area contributed by atoms with Crippen LogP contribution in [0.1, 0.15) is 46.5 Å². The van der Waals surface area contributed by atoms with Crippen molar-refractivity contribution in [3.8, 4) is 0 Å². The van der Waals surface area contributed by atoms with E-state index >= 15 is 0 Å². The summed E-state index contributed by atoms with van der Waals surface area (Å²) in [5, 5.41) is 5.84. The fourth-order valence-corrected chi connectivity index (χ4v) is 2.01. The molecule has 1 aliphatic carbocycles. The Bertz CT molecular complexity index is 297. The van der Waals surface area contributed by atoms with Gasteiger partial charge in [-0.05, 0) is 33.6 Å². The third-order valence-corrected chi connectivity index (χ3v) is 2.95. The van der Waals surface area contributed by atoms with Gasteiger partial charge in [0, 0.05) is 6.04 Å². The molecule has 0 aliphatic heterocycles. The number of rotatable bonds is 4. The monoisotopic (exact) mass is 255 g/mol. The molecule has 5 N–H and O–H groups in total. The quantitative estimate of drug-likeness (QED) is 0.251. The number of aliphatic imine (C=N–C) groups is 1. The van der Waals surface area contributed by atoms with Crippen molar-refractivity contribution in [2.24, 2.45) is 10.8 Å². The molecule has 0 spiro atoms. The molecule has 0 heterocycles. The lowest BCUT2D eigenvalue weighted by atomic mass is 10.2. The highest BCUT2D eigenvalue weighted by Gasteiger charge is 2.18. The molecule has 0 aromatic heterocycles. The lowest BCUT2D eigenvalue weighted by Gasteiger charge is -2.18. The molecule has 1 amide bonds. The van der Waals surface area contributed by atoms with Crippen LogP contribution < -0.4 is 21.9 Å². The van der Waals surface area contributed by atoms with Gasteiger partial charge in [0.05, 0.1) is 6.04 Å². The number of hydrogen-bond acceptors (Lipinski definition) is 3. The van der Waals surface area contributed by atoms with E-state index in [1.54, 1.807) is 6.92 Å². The first-order chi connectivity index (χ1) is 8.52. The van der Waals surface area contributed by atoms with Crippen molar-refractivity contribution in [1.29, 1.82) is 0 Å². The van der Waals surface area contributed by atoms with Crippen molar-refractivity contribution in [2.45, 2.75) is 64.6 Å². The van der Waals surface area contributed by atoms with Crippen molar-refractivity contribution >= 4 is 11.9 Å². The van der Waals surface area contributed by atoms with Crippen molar-refractivity contribution in [1.82, 2.24) is 16.1 Å². The maximum Gasteiger partial charge on any atom is 0.242 e. The largest absolute Gasteiger partial charge is 0.352 e. The van der Waals surface area contributed by atoms with Gasteiger partial charge in [-0.1, -0.05) is 12.8 Å². The molecule has 0 bridgehead atoms. The Labute approximate surface area is 109 Å². The number of nitrogens with one attached hydrogen (secondary N) is 3. The Morgan fingerprint density at radius 2 is 1.83 bits per heavy atom. The number of guanidine groups is 1. The Hall–Kier alpha value is -1.30. The molecule has 0 aromatic rings. The zero-order chi connectivity index (χ0) is 13.5. The standard InChI is InChI=1S/C12H25N5O/c1-8(2)14-11(18)9(3)15-12(17-13)16-10-6-4-5-7-10/h8-10H,4-7,13H2,1-3H3,(H,14,18)(H2,15,16,17). The van der Waals surface area contributed by atoms with Gasteiger partial charge in [-0.3, -0.25) is 10.2 Å². The third kappa shape index (κ3) is 4.91. The van der Waals surface area contributed by atoms with Crippen molar-refractivity contribution < 1.29 is 4.79 Å². The minimum Gasteiger partial charge on any atom is -0.352 e. The molecule has 6 nitrogen and oxygen atoms in total. The minimum atomic E-state index is -0.358. The number of nitrogens with two attached hydrogens (primary N) is 1. The van der Waals surface area contributed by atoms with Gasteiger partial charge in [-0.25, -0.2) is 10.8 Å². The van der Waals surface area contributed by atoms with E-state index in [2.05, 4.69) is 21.1 Å². The van der Waals surface area contributed by atoms with Gasteiger partial charge in [0.2, 0.25) is 11.9 Å². The molecule has 18 heavy (non-hydrogen) atoms. The van der Waals surface area contributed by atoms with E-state index in [0.29, 0.717) is 12.0 Å². The summed E-state index contributed by atoms with van der Waals surface area (Å²) >= 11 is 0. The molecular weight excluding hydrogens is 230 g/mol. The predicted molar refractivity (Wildman–Crippen MR) is 72.9 cm³/mol. The molecule has 1 rings (SSSR count). The fourth-order valence-electron chi connectivity index (χ4n) is 2.01. The molecule has 104 valence electrons. The molecule has 6 heteroatoms. The molecule has 1 unspecified atom stereocenters. The van der Waals surface area contributed by atoms with Gasteiger partial charge >= 0.3 is 0 Å². The first-order valence-electron chi connectivity index (χ1n) is 6.64. The summed E-state index contributed by atoms with van der Waals surface area (Å²) in [6.45, 7) is 5.65. The second kappa shape index (κ2) is 7.20. The smallest absolute Gasteiger partial charge is 0.242 e. The topological polar surface area (TPSA) is 91.5 Å². The summed E-state index contributed by atoms with van der Waals surface area (Å²) in [6.07, 6.45) is 4.63. The van der Waals surface area contributed by atoms with E-state index in [9.17, 15) is 4.79 Å². The lowest BCUT2D eigenvalue weighted by Crippen LogP contribution is -2.52. The Morgan fingerprint density at radius 3 is 2.33 bits per heavy atom. The first-order valence-corrected chi connectivity index (χ1v) is 6.64. The fraction of sp³-hybridized carbons (Fsp3) is 0.833. The van der Waals surface area contributed by atoms with Crippen molar-refractivity contribution in [2.75, 3.05) is 0 Å². The highest BCUT2D eigenvalue weighted by molar-refractivity contribution is 5.88. The summed E-state index contributed by atoms with van der Waals surface area (Å²) in [4.78, 5) is 16.2. The molecule has 0 radical (unpaired) electrons. The van der Waals surface area contributed by atoms with Crippen LogP contribution in [0.2, 0.25) is 0 Å². The molecular formula is C12H25N5O. The van der Waals surface area contributed by atoms with E-state index in [4.69, 9.17) is 5.84 Å². The summed E-state index contributed by atoms with van der Waals surface area (Å²) in [5.74, 6) is 5.86. The average Bonchev–Trinajstić information content (AvgIpc) is 2.79. The van der Waals surface area contributed by atoms with Crippen LogP contribution in [0.5, 0.6) is 0 Å². The zero-order valence-electron chi connectivity index (χ0n) is 11.5. The normalized spacial score (nSPS) is 18.8. The van der Waals surface area contributed by atoms with E-state index in [-0.39, 0.29) is 18.0 Å². The lowest BCUT2D eigenvalue weighted by molar-refractivity contribution is -0.122. The summed E-state index contributed by atoms with van der Waals surface area (Å²) < 4.78 is 0. The SMILES string of the molecule is CC(C)NC(=O)C(C)NC(=NC1CCCC1)NN. The van der Waals surface area contributed by atoms with Crippen LogP contribution in [0, 0.1) is 0 Å². The van der Waals surface area contributed by atoms with Gasteiger partial charge in [0.1, 0.15) is 6.04 Å². The zero-order valence-corrected chi connectivity index (χ0v) is 11.5. The van der Waals surface area contributed by atoms with E-state index in [1.165, 1.54) is 12.8 Å². The average molecular weight is 255 g/mol. The molecule has 1 aliphatic rings. The summed E-state index contributed by atoms with van der Waals surface area (Å²) in [7, 11) is 0. The van der Waals surface area contributed by atoms with Crippen LogP contribution in [0.4, 0.5) is 0 Å². The maximum absolute atomic E-state index is 11.7. The Kier molecular flexibility index (Phi) is 5.91. The van der Waals surface area contributed by atoms with Crippen LogP contribution in [-0.4, -0.2) is 30.0 Å². The maximum atomic E-state index is 11.7. The number of carbonyl (C=O) groups excluding carboxylic acids is 1. The van der Waals surface area contributed by atoms with Crippen LogP contribution in [0.15, 0.2) is 4.99 Å². The highest BCUT2D eigenvalue weighted by Crippen LogP contribution is 2.20. The van der Waals surface area contributed by atoms with E-state index in [1.807, 2.05) is 13.8 Å². The van der Waals surface area contributed by atoms with Crippen LogP contribution in [-0.2, 0) is 4.79 Å². The second-order valence-electron chi connectivity index (χ2n) is 5.09.